The second-order valence-corrected chi connectivity index (χ2v) is 3.83. The molecule has 4 N–H and O–H groups in total. The highest BCUT2D eigenvalue weighted by atomic mass is 16.3. The predicted octanol–water partition coefficient (Wildman–Crippen LogP) is 0.247. The Bertz CT molecular complexity index is 174. The second kappa shape index (κ2) is 6.79. The summed E-state index contributed by atoms with van der Waals surface area (Å²) >= 11 is 0. The summed E-state index contributed by atoms with van der Waals surface area (Å²) in [7, 11) is 0. The van der Waals surface area contributed by atoms with Crippen LogP contribution < -0.4 is 11.1 Å². The summed E-state index contributed by atoms with van der Waals surface area (Å²) in [5.41, 5.74) is 5.74. The van der Waals surface area contributed by atoms with Crippen molar-refractivity contribution in [2.24, 2.45) is 11.7 Å². The molecule has 4 heteroatoms. The van der Waals surface area contributed by atoms with E-state index in [9.17, 15) is 4.79 Å². The molecule has 0 aliphatic carbocycles. The molecule has 0 aliphatic rings. The van der Waals surface area contributed by atoms with Crippen LogP contribution in [0.2, 0.25) is 0 Å². The summed E-state index contributed by atoms with van der Waals surface area (Å²) in [6.45, 7) is 5.91. The lowest BCUT2D eigenvalue weighted by Gasteiger charge is -2.20. The van der Waals surface area contributed by atoms with Gasteiger partial charge in [0.2, 0.25) is 5.91 Å². The smallest absolute Gasteiger partial charge is 0.237 e. The van der Waals surface area contributed by atoms with Crippen LogP contribution in [0.25, 0.3) is 0 Å². The quantitative estimate of drug-likeness (QED) is 0.578. The van der Waals surface area contributed by atoms with Gasteiger partial charge in [-0.3, -0.25) is 4.79 Å². The van der Waals surface area contributed by atoms with E-state index in [0.717, 1.165) is 6.42 Å². The van der Waals surface area contributed by atoms with Gasteiger partial charge >= 0.3 is 0 Å². The maximum absolute atomic E-state index is 11.5. The molecule has 3 atom stereocenters. The Morgan fingerprint density at radius 3 is 2.50 bits per heavy atom. The molecule has 0 aromatic rings. The zero-order chi connectivity index (χ0) is 11.1. The predicted molar refractivity (Wildman–Crippen MR) is 56.7 cm³/mol. The van der Waals surface area contributed by atoms with Gasteiger partial charge in [-0.1, -0.05) is 20.3 Å². The first-order chi connectivity index (χ1) is 6.52. The highest BCUT2D eigenvalue weighted by molar-refractivity contribution is 5.81. The molecule has 0 saturated carbocycles. The second-order valence-electron chi connectivity index (χ2n) is 3.83. The summed E-state index contributed by atoms with van der Waals surface area (Å²) in [6, 6.07) is -0.455. The molecule has 0 fully saturated rings. The molecule has 0 aromatic heterocycles. The summed E-state index contributed by atoms with van der Waals surface area (Å²) < 4.78 is 0. The Labute approximate surface area is 85.9 Å². The molecular formula is C10H22N2O2. The third-order valence-electron chi connectivity index (χ3n) is 2.51. The van der Waals surface area contributed by atoms with Crippen LogP contribution in [0.15, 0.2) is 0 Å². The van der Waals surface area contributed by atoms with Crippen LogP contribution in [0, 0.1) is 5.92 Å². The lowest BCUT2D eigenvalue weighted by molar-refractivity contribution is -0.124. The molecule has 0 aliphatic heterocycles. The van der Waals surface area contributed by atoms with Crippen molar-refractivity contribution in [3.63, 3.8) is 0 Å². The van der Waals surface area contributed by atoms with Gasteiger partial charge in [0.15, 0.2) is 0 Å². The standard InChI is InChI=1S/C10H22N2O2/c1-4-7(2)9(11)10(14)12-8(3)5-6-13/h7-9,13H,4-6,11H2,1-3H3,(H,12,14). The number of aliphatic hydroxyl groups excluding tert-OH is 1. The molecule has 0 spiro atoms. The van der Waals surface area contributed by atoms with Crippen LogP contribution in [0.4, 0.5) is 0 Å². The zero-order valence-electron chi connectivity index (χ0n) is 9.29. The first-order valence-corrected chi connectivity index (χ1v) is 5.19. The average Bonchev–Trinajstić information content (AvgIpc) is 2.15. The van der Waals surface area contributed by atoms with Gasteiger partial charge in [0.05, 0.1) is 6.04 Å². The van der Waals surface area contributed by atoms with E-state index < -0.39 is 6.04 Å². The first-order valence-electron chi connectivity index (χ1n) is 5.19. The highest BCUT2D eigenvalue weighted by Gasteiger charge is 2.20. The van der Waals surface area contributed by atoms with Crippen molar-refractivity contribution in [2.45, 2.75) is 45.7 Å². The monoisotopic (exact) mass is 202 g/mol. The Hall–Kier alpha value is -0.610. The van der Waals surface area contributed by atoms with E-state index in [-0.39, 0.29) is 24.5 Å². The third-order valence-corrected chi connectivity index (χ3v) is 2.51. The fourth-order valence-electron chi connectivity index (χ4n) is 1.12. The van der Waals surface area contributed by atoms with Crippen LogP contribution in [0.1, 0.15) is 33.6 Å². The van der Waals surface area contributed by atoms with Gasteiger partial charge < -0.3 is 16.2 Å². The lowest BCUT2D eigenvalue weighted by atomic mass is 9.99. The van der Waals surface area contributed by atoms with Gasteiger partial charge in [-0.25, -0.2) is 0 Å². The van der Waals surface area contributed by atoms with Gasteiger partial charge in [-0.2, -0.15) is 0 Å². The summed E-state index contributed by atoms with van der Waals surface area (Å²) in [4.78, 5) is 11.5. The van der Waals surface area contributed by atoms with E-state index in [1.165, 1.54) is 0 Å². The van der Waals surface area contributed by atoms with Crippen LogP contribution in [0.3, 0.4) is 0 Å². The van der Waals surface area contributed by atoms with E-state index >= 15 is 0 Å². The molecule has 0 heterocycles. The Kier molecular flexibility index (Phi) is 6.49. The molecule has 1 amide bonds. The van der Waals surface area contributed by atoms with Crippen molar-refractivity contribution >= 4 is 5.91 Å². The van der Waals surface area contributed by atoms with Crippen LogP contribution in [-0.2, 0) is 4.79 Å². The molecule has 14 heavy (non-hydrogen) atoms. The molecular weight excluding hydrogens is 180 g/mol. The van der Waals surface area contributed by atoms with Gasteiger partial charge in [0, 0.05) is 12.6 Å². The van der Waals surface area contributed by atoms with Crippen molar-refractivity contribution < 1.29 is 9.90 Å². The third kappa shape index (κ3) is 4.58. The zero-order valence-corrected chi connectivity index (χ0v) is 9.29. The molecule has 0 bridgehead atoms. The van der Waals surface area contributed by atoms with Gasteiger partial charge in [-0.15, -0.1) is 0 Å². The number of carbonyl (C=O) groups is 1. The average molecular weight is 202 g/mol. The van der Waals surface area contributed by atoms with Gasteiger partial charge in [0.25, 0.3) is 0 Å². The molecule has 84 valence electrons. The number of hydrogen-bond donors (Lipinski definition) is 3. The molecule has 4 nitrogen and oxygen atoms in total. The number of rotatable bonds is 6. The van der Waals surface area contributed by atoms with Crippen molar-refractivity contribution in [3.05, 3.63) is 0 Å². The van der Waals surface area contributed by atoms with E-state index in [1.54, 1.807) is 0 Å². The van der Waals surface area contributed by atoms with Gasteiger partial charge in [-0.05, 0) is 19.3 Å². The minimum Gasteiger partial charge on any atom is -0.396 e. The number of nitrogens with one attached hydrogen (secondary N) is 1. The minimum absolute atomic E-state index is 0.0115. The maximum Gasteiger partial charge on any atom is 0.237 e. The summed E-state index contributed by atoms with van der Waals surface area (Å²) in [5, 5.41) is 11.4. The molecule has 0 rings (SSSR count). The van der Waals surface area contributed by atoms with Crippen molar-refractivity contribution in [1.29, 1.82) is 0 Å². The fraction of sp³-hybridized carbons (Fsp3) is 0.900. The number of amides is 1. The van der Waals surface area contributed by atoms with Crippen molar-refractivity contribution in [3.8, 4) is 0 Å². The first kappa shape index (κ1) is 13.4. The van der Waals surface area contributed by atoms with Crippen LogP contribution >= 0.6 is 0 Å². The number of nitrogens with two attached hydrogens (primary N) is 1. The number of hydrogen-bond acceptors (Lipinski definition) is 3. The largest absolute Gasteiger partial charge is 0.396 e. The molecule has 0 saturated heterocycles. The molecule has 0 aromatic carbocycles. The van der Waals surface area contributed by atoms with Crippen LogP contribution in [-0.4, -0.2) is 29.7 Å². The van der Waals surface area contributed by atoms with E-state index in [2.05, 4.69) is 5.32 Å². The Balaban J connectivity index is 3.94. The van der Waals surface area contributed by atoms with E-state index in [1.807, 2.05) is 20.8 Å². The Morgan fingerprint density at radius 2 is 2.07 bits per heavy atom. The minimum atomic E-state index is -0.443. The lowest BCUT2D eigenvalue weighted by Crippen LogP contribution is -2.47. The van der Waals surface area contributed by atoms with Gasteiger partial charge in [0.1, 0.15) is 0 Å². The fourth-order valence-corrected chi connectivity index (χ4v) is 1.12. The summed E-state index contributed by atoms with van der Waals surface area (Å²) in [5.74, 6) is 0.0663. The highest BCUT2D eigenvalue weighted by Crippen LogP contribution is 2.05. The maximum atomic E-state index is 11.5. The van der Waals surface area contributed by atoms with Crippen molar-refractivity contribution in [1.82, 2.24) is 5.32 Å². The SMILES string of the molecule is CCC(C)C(N)C(=O)NC(C)CCO. The Morgan fingerprint density at radius 1 is 1.50 bits per heavy atom. The van der Waals surface area contributed by atoms with E-state index in [4.69, 9.17) is 10.8 Å². The van der Waals surface area contributed by atoms with Crippen LogP contribution in [0.5, 0.6) is 0 Å². The molecule has 0 radical (unpaired) electrons. The number of carbonyl (C=O) groups excluding carboxylic acids is 1. The summed E-state index contributed by atoms with van der Waals surface area (Å²) in [6.07, 6.45) is 1.46. The van der Waals surface area contributed by atoms with Crippen molar-refractivity contribution in [2.75, 3.05) is 6.61 Å². The van der Waals surface area contributed by atoms with E-state index in [0.29, 0.717) is 6.42 Å². The number of aliphatic hydroxyl groups is 1. The molecule has 3 unspecified atom stereocenters. The topological polar surface area (TPSA) is 75.4 Å². The normalized spacial score (nSPS) is 17.2.